The molecule has 3 rings (SSSR count). The van der Waals surface area contributed by atoms with E-state index in [4.69, 9.17) is 0 Å². The van der Waals surface area contributed by atoms with Crippen LogP contribution in [-0.4, -0.2) is 29.8 Å². The van der Waals surface area contributed by atoms with Crippen LogP contribution in [0.5, 0.6) is 0 Å². The maximum atomic E-state index is 11.3. The quantitative estimate of drug-likeness (QED) is 0.678. The fraction of sp³-hybridized carbons (Fsp3) is 0.929. The van der Waals surface area contributed by atoms with Crippen molar-refractivity contribution in [3.8, 4) is 0 Å². The average molecular weight is 221 g/mol. The Balaban J connectivity index is 1.54. The van der Waals surface area contributed by atoms with Crippen LogP contribution >= 0.6 is 0 Å². The predicted octanol–water partition coefficient (Wildman–Crippen LogP) is 2.76. The largest absolute Gasteiger partial charge is 0.300 e. The van der Waals surface area contributed by atoms with Gasteiger partial charge in [-0.3, -0.25) is 4.79 Å². The molecule has 0 amide bonds. The third-order valence-corrected chi connectivity index (χ3v) is 5.32. The van der Waals surface area contributed by atoms with E-state index in [0.717, 1.165) is 18.9 Å². The molecule has 0 aromatic heterocycles. The van der Waals surface area contributed by atoms with Crippen LogP contribution in [0.25, 0.3) is 0 Å². The fourth-order valence-corrected chi connectivity index (χ4v) is 3.67. The van der Waals surface area contributed by atoms with Crippen molar-refractivity contribution in [2.45, 2.75) is 63.8 Å². The van der Waals surface area contributed by atoms with Crippen LogP contribution in [-0.2, 0) is 4.79 Å². The molecular formula is C14H23NO. The SMILES string of the molecule is O=C1CCC2(CC1)CCN(C1CCC1)CC2. The molecule has 16 heavy (non-hydrogen) atoms. The van der Waals surface area contributed by atoms with Gasteiger partial charge >= 0.3 is 0 Å². The van der Waals surface area contributed by atoms with E-state index in [-0.39, 0.29) is 0 Å². The molecule has 3 aliphatic rings. The molecule has 1 saturated heterocycles. The molecule has 0 bridgehead atoms. The van der Waals surface area contributed by atoms with Crippen LogP contribution in [0.15, 0.2) is 0 Å². The van der Waals surface area contributed by atoms with Crippen molar-refractivity contribution in [3.63, 3.8) is 0 Å². The summed E-state index contributed by atoms with van der Waals surface area (Å²) in [5.41, 5.74) is 0.564. The van der Waals surface area contributed by atoms with Gasteiger partial charge in [-0.05, 0) is 57.0 Å². The van der Waals surface area contributed by atoms with E-state index < -0.39 is 0 Å². The summed E-state index contributed by atoms with van der Waals surface area (Å²) in [6.45, 7) is 2.61. The Morgan fingerprint density at radius 2 is 1.62 bits per heavy atom. The standard InChI is InChI=1S/C14H23NO/c16-13-4-6-14(7-5-13)8-10-15(11-9-14)12-2-1-3-12/h12H,1-11H2. The smallest absolute Gasteiger partial charge is 0.132 e. The highest BCUT2D eigenvalue weighted by molar-refractivity contribution is 5.79. The summed E-state index contributed by atoms with van der Waals surface area (Å²) >= 11 is 0. The van der Waals surface area contributed by atoms with Crippen LogP contribution in [0.4, 0.5) is 0 Å². The second-order valence-corrected chi connectivity index (χ2v) is 6.16. The number of hydrogen-bond acceptors (Lipinski definition) is 2. The lowest BCUT2D eigenvalue weighted by Crippen LogP contribution is -2.48. The van der Waals surface area contributed by atoms with Gasteiger partial charge in [0, 0.05) is 18.9 Å². The number of carbonyl (C=O) groups excluding carboxylic acids is 1. The molecule has 1 heterocycles. The summed E-state index contributed by atoms with van der Waals surface area (Å²) in [5, 5.41) is 0. The lowest BCUT2D eigenvalue weighted by molar-refractivity contribution is -0.123. The second-order valence-electron chi connectivity index (χ2n) is 6.16. The Labute approximate surface area is 98.4 Å². The molecule has 0 aromatic carbocycles. The van der Waals surface area contributed by atoms with E-state index in [0.29, 0.717) is 11.2 Å². The molecule has 0 N–H and O–H groups in total. The van der Waals surface area contributed by atoms with E-state index in [9.17, 15) is 4.79 Å². The Morgan fingerprint density at radius 3 is 2.12 bits per heavy atom. The molecule has 0 unspecified atom stereocenters. The van der Waals surface area contributed by atoms with Gasteiger partial charge in [0.2, 0.25) is 0 Å². The lowest BCUT2D eigenvalue weighted by atomic mass is 9.67. The first-order chi connectivity index (χ1) is 7.77. The van der Waals surface area contributed by atoms with Crippen LogP contribution in [0.1, 0.15) is 57.8 Å². The minimum Gasteiger partial charge on any atom is -0.300 e. The van der Waals surface area contributed by atoms with Crippen LogP contribution in [0, 0.1) is 5.41 Å². The van der Waals surface area contributed by atoms with Crippen molar-refractivity contribution in [2.24, 2.45) is 5.41 Å². The summed E-state index contributed by atoms with van der Waals surface area (Å²) in [6.07, 6.45) is 11.1. The van der Waals surface area contributed by atoms with Gasteiger partial charge in [0.1, 0.15) is 5.78 Å². The number of carbonyl (C=O) groups is 1. The predicted molar refractivity (Wildman–Crippen MR) is 64.4 cm³/mol. The Morgan fingerprint density at radius 1 is 1.00 bits per heavy atom. The minimum atomic E-state index is 0.507. The monoisotopic (exact) mass is 221 g/mol. The van der Waals surface area contributed by atoms with E-state index >= 15 is 0 Å². The van der Waals surface area contributed by atoms with Crippen LogP contribution < -0.4 is 0 Å². The number of rotatable bonds is 1. The molecule has 0 radical (unpaired) electrons. The van der Waals surface area contributed by atoms with Gasteiger partial charge in [-0.1, -0.05) is 6.42 Å². The average Bonchev–Trinajstić information content (AvgIpc) is 2.24. The molecule has 1 spiro atoms. The number of piperidine rings is 1. The van der Waals surface area contributed by atoms with E-state index in [2.05, 4.69) is 4.90 Å². The zero-order valence-corrected chi connectivity index (χ0v) is 10.2. The van der Waals surface area contributed by atoms with E-state index in [1.54, 1.807) is 0 Å². The topological polar surface area (TPSA) is 20.3 Å². The highest BCUT2D eigenvalue weighted by Crippen LogP contribution is 2.44. The molecular weight excluding hydrogens is 198 g/mol. The number of nitrogens with zero attached hydrogens (tertiary/aromatic N) is 1. The van der Waals surface area contributed by atoms with Crippen molar-refractivity contribution in [3.05, 3.63) is 0 Å². The maximum absolute atomic E-state index is 11.3. The van der Waals surface area contributed by atoms with Gasteiger partial charge < -0.3 is 4.90 Å². The molecule has 90 valence electrons. The lowest BCUT2D eigenvalue weighted by Gasteiger charge is -2.48. The molecule has 2 nitrogen and oxygen atoms in total. The number of ketones is 1. The Kier molecular flexibility index (Phi) is 2.78. The highest BCUT2D eigenvalue weighted by atomic mass is 16.1. The summed E-state index contributed by atoms with van der Waals surface area (Å²) in [7, 11) is 0. The summed E-state index contributed by atoms with van der Waals surface area (Å²) in [4.78, 5) is 14.0. The molecule has 1 aliphatic heterocycles. The molecule has 2 saturated carbocycles. The first-order valence-electron chi connectivity index (χ1n) is 7.03. The summed E-state index contributed by atoms with van der Waals surface area (Å²) < 4.78 is 0. The third-order valence-electron chi connectivity index (χ3n) is 5.32. The molecule has 0 aromatic rings. The van der Waals surface area contributed by atoms with Crippen molar-refractivity contribution in [2.75, 3.05) is 13.1 Å². The zero-order chi connectivity index (χ0) is 11.0. The minimum absolute atomic E-state index is 0.507. The van der Waals surface area contributed by atoms with Gasteiger partial charge in [0.05, 0.1) is 0 Å². The van der Waals surface area contributed by atoms with Crippen molar-refractivity contribution >= 4 is 5.78 Å². The molecule has 0 atom stereocenters. The molecule has 3 fully saturated rings. The van der Waals surface area contributed by atoms with Gasteiger partial charge in [0.25, 0.3) is 0 Å². The molecule has 2 heteroatoms. The van der Waals surface area contributed by atoms with Gasteiger partial charge in [-0.2, -0.15) is 0 Å². The Hall–Kier alpha value is -0.370. The van der Waals surface area contributed by atoms with Crippen molar-refractivity contribution < 1.29 is 4.79 Å². The third kappa shape index (κ3) is 1.92. The maximum Gasteiger partial charge on any atom is 0.132 e. The summed E-state index contributed by atoms with van der Waals surface area (Å²) in [6, 6.07) is 0.919. The number of hydrogen-bond donors (Lipinski definition) is 0. The first kappa shape index (κ1) is 10.8. The second kappa shape index (κ2) is 4.14. The van der Waals surface area contributed by atoms with Gasteiger partial charge in [-0.15, -0.1) is 0 Å². The fourth-order valence-electron chi connectivity index (χ4n) is 3.67. The van der Waals surface area contributed by atoms with E-state index in [1.165, 1.54) is 58.0 Å². The van der Waals surface area contributed by atoms with Gasteiger partial charge in [0.15, 0.2) is 0 Å². The van der Waals surface area contributed by atoms with E-state index in [1.807, 2.05) is 0 Å². The Bertz CT molecular complexity index is 262. The molecule has 2 aliphatic carbocycles. The van der Waals surface area contributed by atoms with Gasteiger partial charge in [-0.25, -0.2) is 0 Å². The highest BCUT2D eigenvalue weighted by Gasteiger charge is 2.39. The number of likely N-dealkylation sites (tertiary alicyclic amines) is 1. The number of Topliss-reactive ketones (excluding diaryl/α,β-unsaturated/α-hetero) is 1. The summed E-state index contributed by atoms with van der Waals surface area (Å²) in [5.74, 6) is 0.507. The van der Waals surface area contributed by atoms with Crippen LogP contribution in [0.3, 0.4) is 0 Å². The van der Waals surface area contributed by atoms with Crippen molar-refractivity contribution in [1.82, 2.24) is 4.90 Å². The first-order valence-corrected chi connectivity index (χ1v) is 7.03. The zero-order valence-electron chi connectivity index (χ0n) is 10.2. The normalized spacial score (nSPS) is 31.6. The van der Waals surface area contributed by atoms with Crippen molar-refractivity contribution in [1.29, 1.82) is 0 Å². The van der Waals surface area contributed by atoms with Crippen LogP contribution in [0.2, 0.25) is 0 Å².